The molecule has 0 amide bonds. The van der Waals surface area contributed by atoms with Gasteiger partial charge in [0.15, 0.2) is 0 Å². The predicted octanol–water partition coefficient (Wildman–Crippen LogP) is 2.70. The Morgan fingerprint density at radius 2 is 1.54 bits per heavy atom. The van der Waals surface area contributed by atoms with Gasteiger partial charge in [0.25, 0.3) is 0 Å². The van der Waals surface area contributed by atoms with Gasteiger partial charge in [-0.1, -0.05) is 48.5 Å². The molecule has 28 heavy (non-hydrogen) atoms. The Bertz CT molecular complexity index is 1050. The van der Waals surface area contributed by atoms with Gasteiger partial charge >= 0.3 is 11.7 Å². The quantitative estimate of drug-likeness (QED) is 0.436. The van der Waals surface area contributed by atoms with Crippen molar-refractivity contribution in [2.75, 3.05) is 0 Å². The van der Waals surface area contributed by atoms with E-state index < -0.39 is 5.97 Å². The number of nitrogens with one attached hydrogen (secondary N) is 1. The van der Waals surface area contributed by atoms with Gasteiger partial charge in [-0.05, 0) is 16.7 Å². The number of amidine groups is 1. The van der Waals surface area contributed by atoms with Crippen molar-refractivity contribution in [3.63, 3.8) is 0 Å². The van der Waals surface area contributed by atoms with Crippen LogP contribution in [-0.2, 0) is 18.4 Å². The molecule has 0 radical (unpaired) electrons. The number of hydrogen-bond acceptors (Lipinski definition) is 3. The summed E-state index contributed by atoms with van der Waals surface area (Å²) in [5, 5.41) is 16.2. The lowest BCUT2D eigenvalue weighted by atomic mass is 10.0. The predicted molar refractivity (Wildman–Crippen MR) is 111 cm³/mol. The van der Waals surface area contributed by atoms with Crippen molar-refractivity contribution >= 4 is 24.2 Å². The molecule has 4 N–H and O–H groups in total. The minimum Gasteiger partial charge on any atom is -0.481 e. The van der Waals surface area contributed by atoms with Crippen molar-refractivity contribution in [1.29, 1.82) is 5.41 Å². The molecular weight excluding hydrogens is 380 g/mol. The molecule has 0 bridgehead atoms. The second-order valence-electron chi connectivity index (χ2n) is 6.26. The second-order valence-corrected chi connectivity index (χ2v) is 6.26. The summed E-state index contributed by atoms with van der Waals surface area (Å²) in [7, 11) is 1.67. The molecule has 0 atom stereocenters. The van der Waals surface area contributed by atoms with Crippen molar-refractivity contribution in [3.05, 3.63) is 70.8 Å². The molecule has 2 aromatic carbocycles. The lowest BCUT2D eigenvalue weighted by Gasteiger charge is -2.06. The molecule has 0 aliphatic carbocycles. The fourth-order valence-electron chi connectivity index (χ4n) is 2.91. The first kappa shape index (κ1) is 21.0. The molecule has 146 valence electrons. The molecule has 0 fully saturated rings. The molecule has 0 saturated carbocycles. The van der Waals surface area contributed by atoms with Crippen molar-refractivity contribution < 1.29 is 9.90 Å². The third kappa shape index (κ3) is 4.32. The molecule has 7 nitrogen and oxygen atoms in total. The van der Waals surface area contributed by atoms with E-state index in [4.69, 9.17) is 16.2 Å². The van der Waals surface area contributed by atoms with Crippen LogP contribution in [0, 0.1) is 5.41 Å². The lowest BCUT2D eigenvalue weighted by molar-refractivity contribution is -0.137. The highest BCUT2D eigenvalue weighted by Crippen LogP contribution is 2.24. The van der Waals surface area contributed by atoms with Gasteiger partial charge in [-0.15, -0.1) is 12.4 Å². The molecule has 3 rings (SSSR count). The molecule has 0 aliphatic rings. The van der Waals surface area contributed by atoms with Crippen LogP contribution in [0.2, 0.25) is 0 Å². The summed E-state index contributed by atoms with van der Waals surface area (Å²) >= 11 is 0. The number of aliphatic carboxylic acids is 1. The van der Waals surface area contributed by atoms with Gasteiger partial charge in [0.1, 0.15) is 5.84 Å². The van der Waals surface area contributed by atoms with E-state index in [1.54, 1.807) is 25.4 Å². The van der Waals surface area contributed by atoms with E-state index in [0.717, 1.165) is 22.4 Å². The number of hydrogen-bond donors (Lipinski definition) is 3. The SMILES string of the molecule is Cl.Cn1c(-c2ccc(-c3ccc(C(=N)N)cc3)cc2)cn(CCC(=O)O)c1=O. The Balaban J connectivity index is 0.00000280. The zero-order valence-corrected chi connectivity index (χ0v) is 16.1. The third-order valence-corrected chi connectivity index (χ3v) is 4.45. The molecule has 3 aromatic rings. The Kier molecular flexibility index (Phi) is 6.43. The number of benzene rings is 2. The third-order valence-electron chi connectivity index (χ3n) is 4.45. The number of carboxylic acids is 1. The van der Waals surface area contributed by atoms with Crippen LogP contribution in [0.15, 0.2) is 59.5 Å². The van der Waals surface area contributed by atoms with Crippen molar-refractivity contribution in [2.24, 2.45) is 12.8 Å². The highest BCUT2D eigenvalue weighted by Gasteiger charge is 2.11. The Morgan fingerprint density at radius 3 is 2.04 bits per heavy atom. The van der Waals surface area contributed by atoms with Gasteiger partial charge in [0, 0.05) is 25.4 Å². The monoisotopic (exact) mass is 400 g/mol. The zero-order chi connectivity index (χ0) is 19.6. The average molecular weight is 401 g/mol. The number of nitrogens with two attached hydrogens (primary N) is 1. The number of carboxylic acid groups (broad SMARTS) is 1. The Morgan fingerprint density at radius 1 is 1.04 bits per heavy atom. The van der Waals surface area contributed by atoms with Crippen LogP contribution in [0.5, 0.6) is 0 Å². The van der Waals surface area contributed by atoms with Crippen molar-refractivity contribution in [1.82, 2.24) is 9.13 Å². The molecule has 1 aromatic heterocycles. The first-order valence-electron chi connectivity index (χ1n) is 8.40. The van der Waals surface area contributed by atoms with E-state index >= 15 is 0 Å². The highest BCUT2D eigenvalue weighted by atomic mass is 35.5. The molecule has 0 spiro atoms. The van der Waals surface area contributed by atoms with Gasteiger partial charge in [0.05, 0.1) is 12.1 Å². The Labute approximate surface area is 168 Å². The van der Waals surface area contributed by atoms with E-state index in [9.17, 15) is 9.59 Å². The molecule has 0 aliphatic heterocycles. The standard InChI is InChI=1S/C20H20N4O3.ClH/c1-23-17(12-24(20(23)27)11-10-18(25)26)15-6-2-13(3-7-15)14-4-8-16(9-5-14)19(21)22;/h2-9,12H,10-11H2,1H3,(H3,21,22)(H,25,26);1H. The number of nitrogens with zero attached hydrogens (tertiary/aromatic N) is 2. The zero-order valence-electron chi connectivity index (χ0n) is 15.3. The average Bonchev–Trinajstić information content (AvgIpc) is 2.95. The van der Waals surface area contributed by atoms with Crippen LogP contribution in [0.3, 0.4) is 0 Å². The summed E-state index contributed by atoms with van der Waals surface area (Å²) in [5.41, 5.74) is 9.51. The summed E-state index contributed by atoms with van der Waals surface area (Å²) in [6, 6.07) is 15.2. The van der Waals surface area contributed by atoms with E-state index in [1.807, 2.05) is 36.4 Å². The largest absolute Gasteiger partial charge is 0.481 e. The van der Waals surface area contributed by atoms with Crippen LogP contribution in [-0.4, -0.2) is 26.0 Å². The first-order valence-corrected chi connectivity index (χ1v) is 8.40. The van der Waals surface area contributed by atoms with Crippen LogP contribution in [0.4, 0.5) is 0 Å². The topological polar surface area (TPSA) is 114 Å². The number of imidazole rings is 1. The van der Waals surface area contributed by atoms with Crippen LogP contribution in [0.1, 0.15) is 12.0 Å². The number of halogens is 1. The van der Waals surface area contributed by atoms with Crippen LogP contribution in [0.25, 0.3) is 22.4 Å². The normalized spacial score (nSPS) is 10.3. The smallest absolute Gasteiger partial charge is 0.328 e. The number of carbonyl (C=O) groups is 1. The number of nitrogen functional groups attached to an aromatic ring is 1. The number of aromatic nitrogens is 2. The molecular formula is C20H21ClN4O3. The molecule has 8 heteroatoms. The minimum atomic E-state index is -0.938. The van der Waals surface area contributed by atoms with Gasteiger partial charge < -0.3 is 10.8 Å². The fourth-order valence-corrected chi connectivity index (χ4v) is 2.91. The molecule has 1 heterocycles. The summed E-state index contributed by atoms with van der Waals surface area (Å²) in [5.74, 6) is -0.905. The summed E-state index contributed by atoms with van der Waals surface area (Å²) < 4.78 is 2.93. The van der Waals surface area contributed by atoms with Gasteiger partial charge in [-0.25, -0.2) is 4.79 Å². The second kappa shape index (κ2) is 8.58. The lowest BCUT2D eigenvalue weighted by Crippen LogP contribution is -2.23. The molecule has 0 unspecified atom stereocenters. The van der Waals surface area contributed by atoms with E-state index in [1.165, 1.54) is 9.13 Å². The van der Waals surface area contributed by atoms with Crippen molar-refractivity contribution in [2.45, 2.75) is 13.0 Å². The van der Waals surface area contributed by atoms with E-state index in [0.29, 0.717) is 5.56 Å². The van der Waals surface area contributed by atoms with Crippen LogP contribution >= 0.6 is 12.4 Å². The number of rotatable bonds is 6. The van der Waals surface area contributed by atoms with E-state index in [2.05, 4.69) is 0 Å². The summed E-state index contributed by atoms with van der Waals surface area (Å²) in [4.78, 5) is 23.0. The Hall–Kier alpha value is -3.32. The molecule has 0 saturated heterocycles. The fraction of sp³-hybridized carbons (Fsp3) is 0.150. The first-order chi connectivity index (χ1) is 12.9. The van der Waals surface area contributed by atoms with E-state index in [-0.39, 0.29) is 36.9 Å². The summed E-state index contributed by atoms with van der Waals surface area (Å²) in [6.45, 7) is 0.141. The number of aryl methyl sites for hydroxylation is 1. The maximum atomic E-state index is 12.3. The van der Waals surface area contributed by atoms with Crippen LogP contribution < -0.4 is 11.4 Å². The summed E-state index contributed by atoms with van der Waals surface area (Å²) in [6.07, 6.45) is 1.58. The highest BCUT2D eigenvalue weighted by molar-refractivity contribution is 5.95. The maximum absolute atomic E-state index is 12.3. The van der Waals surface area contributed by atoms with Crippen molar-refractivity contribution in [3.8, 4) is 22.4 Å². The van der Waals surface area contributed by atoms with Gasteiger partial charge in [-0.3, -0.25) is 19.3 Å². The van der Waals surface area contributed by atoms with Gasteiger partial charge in [-0.2, -0.15) is 0 Å². The van der Waals surface area contributed by atoms with Gasteiger partial charge in [0.2, 0.25) is 0 Å². The minimum absolute atomic E-state index is 0. The maximum Gasteiger partial charge on any atom is 0.328 e.